The topological polar surface area (TPSA) is 72.6 Å². The molecule has 8 heteroatoms. The zero-order chi connectivity index (χ0) is 12.3. The fourth-order valence-corrected chi connectivity index (χ4v) is 0.966. The molecule has 1 aromatic heterocycles. The summed E-state index contributed by atoms with van der Waals surface area (Å²) in [7, 11) is 0. The Kier molecular flexibility index (Phi) is 3.53. The van der Waals surface area contributed by atoms with Crippen LogP contribution in [0.15, 0.2) is 4.42 Å². The van der Waals surface area contributed by atoms with Crippen molar-refractivity contribution in [1.82, 2.24) is 4.98 Å². The minimum atomic E-state index is -4.43. The molecule has 0 spiro atoms. The number of carboxylic acid groups (broad SMARTS) is 1. The van der Waals surface area contributed by atoms with Gasteiger partial charge in [-0.3, -0.25) is 0 Å². The van der Waals surface area contributed by atoms with E-state index < -0.39 is 25.4 Å². The van der Waals surface area contributed by atoms with Crippen LogP contribution in [-0.4, -0.2) is 28.8 Å². The second-order valence-electron chi connectivity index (χ2n) is 2.93. The van der Waals surface area contributed by atoms with Gasteiger partial charge >= 0.3 is 12.1 Å². The molecule has 0 aliphatic heterocycles. The van der Waals surface area contributed by atoms with Crippen LogP contribution < -0.4 is 0 Å². The van der Waals surface area contributed by atoms with Gasteiger partial charge in [-0.25, -0.2) is 9.78 Å². The maximum atomic E-state index is 11.7. The minimum absolute atomic E-state index is 0.0260. The van der Waals surface area contributed by atoms with Crippen molar-refractivity contribution in [3.63, 3.8) is 0 Å². The van der Waals surface area contributed by atoms with Gasteiger partial charge in [-0.2, -0.15) is 13.2 Å². The van der Waals surface area contributed by atoms with Crippen LogP contribution in [0.25, 0.3) is 0 Å². The van der Waals surface area contributed by atoms with Crippen molar-refractivity contribution >= 4 is 5.97 Å². The van der Waals surface area contributed by atoms with Gasteiger partial charge in [-0.15, -0.1) is 0 Å². The van der Waals surface area contributed by atoms with Crippen LogP contribution in [-0.2, 0) is 11.3 Å². The third-order valence-electron chi connectivity index (χ3n) is 1.53. The fraction of sp³-hybridized carbons (Fsp3) is 0.500. The summed E-state index contributed by atoms with van der Waals surface area (Å²) in [5.41, 5.74) is -0.328. The van der Waals surface area contributed by atoms with Crippen molar-refractivity contribution in [2.75, 3.05) is 6.61 Å². The molecule has 16 heavy (non-hydrogen) atoms. The minimum Gasteiger partial charge on any atom is -0.476 e. The Morgan fingerprint density at radius 2 is 2.19 bits per heavy atom. The van der Waals surface area contributed by atoms with Crippen molar-refractivity contribution in [2.24, 2.45) is 0 Å². The van der Waals surface area contributed by atoms with E-state index in [1.807, 2.05) is 0 Å². The van der Waals surface area contributed by atoms with Gasteiger partial charge in [0.1, 0.15) is 19.0 Å². The molecule has 90 valence electrons. The molecule has 0 aliphatic carbocycles. The normalized spacial score (nSPS) is 11.8. The number of hydrogen-bond donors (Lipinski definition) is 1. The lowest BCUT2D eigenvalue weighted by atomic mass is 10.4. The standard InChI is InChI=1S/C8H8F3NO4/c1-4-6(7(13)14)12-5(16-4)2-15-3-8(9,10)11/h2-3H2,1H3,(H,13,14). The molecule has 0 aromatic carbocycles. The molecule has 1 aromatic rings. The molecule has 0 aliphatic rings. The summed E-state index contributed by atoms with van der Waals surface area (Å²) >= 11 is 0. The summed E-state index contributed by atoms with van der Waals surface area (Å²) in [6.07, 6.45) is -4.43. The second-order valence-corrected chi connectivity index (χ2v) is 2.93. The number of ether oxygens (including phenoxy) is 1. The Balaban J connectivity index is 2.56. The maximum absolute atomic E-state index is 11.7. The highest BCUT2D eigenvalue weighted by molar-refractivity contribution is 5.86. The molecule has 0 saturated carbocycles. The maximum Gasteiger partial charge on any atom is 0.411 e. The fourth-order valence-electron chi connectivity index (χ4n) is 0.966. The molecular weight excluding hydrogens is 231 g/mol. The van der Waals surface area contributed by atoms with E-state index in [2.05, 4.69) is 9.72 Å². The van der Waals surface area contributed by atoms with Gasteiger partial charge < -0.3 is 14.3 Å². The van der Waals surface area contributed by atoms with Crippen LogP contribution in [0.1, 0.15) is 22.1 Å². The van der Waals surface area contributed by atoms with Gasteiger partial charge in [0.25, 0.3) is 0 Å². The third-order valence-corrected chi connectivity index (χ3v) is 1.53. The summed E-state index contributed by atoms with van der Waals surface area (Å²) in [5, 5.41) is 8.59. The molecule has 1 N–H and O–H groups in total. The number of aromatic carboxylic acids is 1. The van der Waals surface area contributed by atoms with E-state index in [-0.39, 0.29) is 17.3 Å². The van der Waals surface area contributed by atoms with Gasteiger partial charge in [0.15, 0.2) is 5.69 Å². The van der Waals surface area contributed by atoms with Crippen LogP contribution in [0.5, 0.6) is 0 Å². The number of rotatable bonds is 4. The first-order valence-corrected chi connectivity index (χ1v) is 4.13. The zero-order valence-corrected chi connectivity index (χ0v) is 8.17. The molecule has 1 rings (SSSR count). The molecule has 0 atom stereocenters. The van der Waals surface area contributed by atoms with E-state index in [9.17, 15) is 18.0 Å². The Hall–Kier alpha value is -1.57. The predicted octanol–water partition coefficient (Wildman–Crippen LogP) is 1.76. The van der Waals surface area contributed by atoms with Crippen molar-refractivity contribution < 1.29 is 32.2 Å². The first-order valence-electron chi connectivity index (χ1n) is 4.13. The average Bonchev–Trinajstić information content (AvgIpc) is 2.44. The number of alkyl halides is 3. The Labute approximate surface area is 87.8 Å². The monoisotopic (exact) mass is 239 g/mol. The lowest BCUT2D eigenvalue weighted by molar-refractivity contribution is -0.177. The average molecular weight is 239 g/mol. The quantitative estimate of drug-likeness (QED) is 0.866. The first kappa shape index (κ1) is 12.5. The summed E-state index contributed by atoms with van der Waals surface area (Å²) in [5.74, 6) is -1.47. The van der Waals surface area contributed by atoms with Gasteiger partial charge in [-0.1, -0.05) is 0 Å². The van der Waals surface area contributed by atoms with Crippen LogP contribution in [0, 0.1) is 6.92 Å². The smallest absolute Gasteiger partial charge is 0.411 e. The van der Waals surface area contributed by atoms with E-state index in [0.717, 1.165) is 0 Å². The highest BCUT2D eigenvalue weighted by atomic mass is 19.4. The van der Waals surface area contributed by atoms with E-state index in [1.165, 1.54) is 6.92 Å². The third kappa shape index (κ3) is 3.54. The largest absolute Gasteiger partial charge is 0.476 e. The van der Waals surface area contributed by atoms with Crippen molar-refractivity contribution in [3.05, 3.63) is 17.3 Å². The summed E-state index contributed by atoms with van der Waals surface area (Å²) in [6.45, 7) is -0.603. The number of aromatic nitrogens is 1. The number of hydrogen-bond acceptors (Lipinski definition) is 4. The number of oxazole rings is 1. The SMILES string of the molecule is Cc1oc(COCC(F)(F)F)nc1C(=O)O. The lowest BCUT2D eigenvalue weighted by Gasteiger charge is -2.04. The second kappa shape index (κ2) is 4.52. The van der Waals surface area contributed by atoms with E-state index in [0.29, 0.717) is 0 Å². The van der Waals surface area contributed by atoms with Crippen LogP contribution in [0.2, 0.25) is 0 Å². The highest BCUT2D eigenvalue weighted by Gasteiger charge is 2.28. The molecule has 5 nitrogen and oxygen atoms in total. The van der Waals surface area contributed by atoms with Crippen LogP contribution in [0.3, 0.4) is 0 Å². The lowest BCUT2D eigenvalue weighted by Crippen LogP contribution is -2.16. The molecule has 1 heterocycles. The molecule has 0 saturated heterocycles. The number of aryl methyl sites for hydroxylation is 1. The van der Waals surface area contributed by atoms with Crippen molar-refractivity contribution in [1.29, 1.82) is 0 Å². The summed E-state index contributed by atoms with van der Waals surface area (Å²) < 4.78 is 44.2. The van der Waals surface area contributed by atoms with E-state index in [4.69, 9.17) is 9.52 Å². The molecule has 0 fully saturated rings. The predicted molar refractivity (Wildman–Crippen MR) is 43.9 cm³/mol. The molecule has 0 unspecified atom stereocenters. The highest BCUT2D eigenvalue weighted by Crippen LogP contribution is 2.16. The number of halogens is 3. The van der Waals surface area contributed by atoms with Gasteiger partial charge in [0, 0.05) is 0 Å². The Bertz CT molecular complexity index is 385. The number of carbonyl (C=O) groups is 1. The Morgan fingerprint density at radius 1 is 1.56 bits per heavy atom. The van der Waals surface area contributed by atoms with Crippen molar-refractivity contribution in [3.8, 4) is 0 Å². The van der Waals surface area contributed by atoms with Gasteiger partial charge in [-0.05, 0) is 6.92 Å². The number of nitrogens with zero attached hydrogens (tertiary/aromatic N) is 1. The van der Waals surface area contributed by atoms with Crippen LogP contribution >= 0.6 is 0 Å². The molecule has 0 radical (unpaired) electrons. The van der Waals surface area contributed by atoms with Gasteiger partial charge in [0.05, 0.1) is 0 Å². The zero-order valence-electron chi connectivity index (χ0n) is 8.17. The Morgan fingerprint density at radius 3 is 2.62 bits per heavy atom. The van der Waals surface area contributed by atoms with Crippen molar-refractivity contribution in [2.45, 2.75) is 19.7 Å². The van der Waals surface area contributed by atoms with Crippen LogP contribution in [0.4, 0.5) is 13.2 Å². The summed E-state index contributed by atoms with van der Waals surface area (Å²) in [4.78, 5) is 14.0. The molecule has 0 amide bonds. The van der Waals surface area contributed by atoms with Gasteiger partial charge in [0.2, 0.25) is 5.89 Å². The molecule has 0 bridgehead atoms. The first-order chi connectivity index (χ1) is 7.29. The molecular formula is C8H8F3NO4. The van der Waals surface area contributed by atoms with E-state index >= 15 is 0 Å². The van der Waals surface area contributed by atoms with E-state index in [1.54, 1.807) is 0 Å². The summed E-state index contributed by atoms with van der Waals surface area (Å²) in [6, 6.07) is 0. The number of carboxylic acids is 1.